The fourth-order valence-corrected chi connectivity index (χ4v) is 2.80. The lowest BCUT2D eigenvalue weighted by atomic mass is 10.1. The van der Waals surface area contributed by atoms with Crippen molar-refractivity contribution in [2.75, 3.05) is 6.54 Å². The molecule has 0 unspecified atom stereocenters. The lowest BCUT2D eigenvalue weighted by molar-refractivity contribution is 0.678. The maximum absolute atomic E-state index is 4.52. The Balaban J connectivity index is 1.38. The fraction of sp³-hybridized carbons (Fsp3) is 0.150. The van der Waals surface area contributed by atoms with Crippen molar-refractivity contribution in [1.82, 2.24) is 25.3 Å². The monoisotopic (exact) mass is 329 g/mol. The van der Waals surface area contributed by atoms with Gasteiger partial charge in [0, 0.05) is 54.9 Å². The van der Waals surface area contributed by atoms with Crippen molar-refractivity contribution in [3.8, 4) is 11.4 Å². The molecule has 2 aromatic carbocycles. The smallest absolute Gasteiger partial charge is 0.159 e. The fourth-order valence-electron chi connectivity index (χ4n) is 2.80. The molecule has 0 aliphatic heterocycles. The maximum Gasteiger partial charge on any atom is 0.159 e. The summed E-state index contributed by atoms with van der Waals surface area (Å²) in [6, 6.07) is 14.6. The molecular formula is C20H19N5. The van der Waals surface area contributed by atoms with E-state index in [1.807, 2.05) is 30.7 Å². The van der Waals surface area contributed by atoms with E-state index in [1.54, 1.807) is 6.33 Å². The molecule has 2 heterocycles. The van der Waals surface area contributed by atoms with Crippen molar-refractivity contribution < 1.29 is 0 Å². The Morgan fingerprint density at radius 1 is 0.920 bits per heavy atom. The van der Waals surface area contributed by atoms with Crippen LogP contribution in [0.2, 0.25) is 0 Å². The first-order valence-corrected chi connectivity index (χ1v) is 8.36. The number of nitrogens with one attached hydrogen (secondary N) is 2. The van der Waals surface area contributed by atoms with E-state index in [0.29, 0.717) is 0 Å². The van der Waals surface area contributed by atoms with Crippen molar-refractivity contribution in [3.63, 3.8) is 0 Å². The number of aromatic nitrogens is 4. The number of H-pyrrole nitrogens is 1. The number of fused-ring (bicyclic) bond motifs is 1. The summed E-state index contributed by atoms with van der Waals surface area (Å²) in [6.45, 7) is 1.64. The third kappa shape index (κ3) is 3.72. The van der Waals surface area contributed by atoms with Crippen LogP contribution in [-0.2, 0) is 13.0 Å². The van der Waals surface area contributed by atoms with Gasteiger partial charge in [0.2, 0.25) is 0 Å². The zero-order valence-electron chi connectivity index (χ0n) is 13.8. The van der Waals surface area contributed by atoms with Crippen LogP contribution in [0.1, 0.15) is 11.3 Å². The SMILES string of the molecule is c1ccc2cc(-c3ncc(CNCCc4cnc[nH]4)cn3)ccc2c1. The van der Waals surface area contributed by atoms with Gasteiger partial charge in [0.05, 0.1) is 6.33 Å². The standard InChI is InChI=1S/C20H19N5/c1-2-4-17-9-18(6-5-16(17)3-1)20-23-11-15(12-24-20)10-21-8-7-19-13-22-14-25-19/h1-6,9,11-14,21H,7-8,10H2,(H,22,25). The van der Waals surface area contributed by atoms with Crippen molar-refractivity contribution in [2.45, 2.75) is 13.0 Å². The molecule has 4 aromatic rings. The number of nitrogens with zero attached hydrogens (tertiary/aromatic N) is 3. The van der Waals surface area contributed by atoms with Gasteiger partial charge in [-0.1, -0.05) is 36.4 Å². The molecule has 2 N–H and O–H groups in total. The average molecular weight is 329 g/mol. The molecule has 0 amide bonds. The van der Waals surface area contributed by atoms with Gasteiger partial charge >= 0.3 is 0 Å². The number of benzene rings is 2. The second-order valence-electron chi connectivity index (χ2n) is 5.98. The van der Waals surface area contributed by atoms with Gasteiger partial charge in [-0.25, -0.2) is 15.0 Å². The highest BCUT2D eigenvalue weighted by Gasteiger charge is 2.03. The molecule has 0 saturated carbocycles. The summed E-state index contributed by atoms with van der Waals surface area (Å²) in [5.41, 5.74) is 3.25. The van der Waals surface area contributed by atoms with Crippen LogP contribution in [-0.4, -0.2) is 26.5 Å². The molecule has 5 nitrogen and oxygen atoms in total. The zero-order chi connectivity index (χ0) is 16.9. The van der Waals surface area contributed by atoms with Gasteiger partial charge in [0.15, 0.2) is 5.82 Å². The highest BCUT2D eigenvalue weighted by Crippen LogP contribution is 2.21. The van der Waals surface area contributed by atoms with Gasteiger partial charge in [-0.2, -0.15) is 0 Å². The van der Waals surface area contributed by atoms with Crippen LogP contribution in [0.3, 0.4) is 0 Å². The Kier molecular flexibility index (Phi) is 4.48. The normalized spacial score (nSPS) is 11.0. The first kappa shape index (κ1) is 15.5. The number of imidazole rings is 1. The zero-order valence-corrected chi connectivity index (χ0v) is 13.8. The van der Waals surface area contributed by atoms with E-state index in [0.717, 1.165) is 42.2 Å². The van der Waals surface area contributed by atoms with E-state index in [4.69, 9.17) is 0 Å². The molecule has 4 rings (SSSR count). The van der Waals surface area contributed by atoms with Crippen molar-refractivity contribution in [2.24, 2.45) is 0 Å². The van der Waals surface area contributed by atoms with Gasteiger partial charge in [0.25, 0.3) is 0 Å². The third-order valence-corrected chi connectivity index (χ3v) is 4.17. The van der Waals surface area contributed by atoms with Crippen molar-refractivity contribution >= 4 is 10.8 Å². The maximum atomic E-state index is 4.52. The first-order chi connectivity index (χ1) is 12.4. The van der Waals surface area contributed by atoms with E-state index in [1.165, 1.54) is 10.8 Å². The minimum Gasteiger partial charge on any atom is -0.348 e. The minimum absolute atomic E-state index is 0.756. The second-order valence-corrected chi connectivity index (χ2v) is 5.98. The van der Waals surface area contributed by atoms with Crippen LogP contribution in [0.25, 0.3) is 22.2 Å². The molecule has 5 heteroatoms. The lowest BCUT2D eigenvalue weighted by Gasteiger charge is -2.06. The van der Waals surface area contributed by atoms with E-state index < -0.39 is 0 Å². The van der Waals surface area contributed by atoms with Gasteiger partial charge in [-0.05, 0) is 16.8 Å². The number of aromatic amines is 1. The summed E-state index contributed by atoms with van der Waals surface area (Å²) in [6.07, 6.45) is 8.26. The Morgan fingerprint density at radius 2 is 1.76 bits per heavy atom. The highest BCUT2D eigenvalue weighted by molar-refractivity contribution is 5.86. The summed E-state index contributed by atoms with van der Waals surface area (Å²) >= 11 is 0. The highest BCUT2D eigenvalue weighted by atomic mass is 14.9. The van der Waals surface area contributed by atoms with E-state index in [9.17, 15) is 0 Å². The molecular weight excluding hydrogens is 310 g/mol. The number of hydrogen-bond acceptors (Lipinski definition) is 4. The molecule has 124 valence electrons. The second kappa shape index (κ2) is 7.23. The number of hydrogen-bond donors (Lipinski definition) is 2. The van der Waals surface area contributed by atoms with Gasteiger partial charge in [-0.3, -0.25) is 0 Å². The van der Waals surface area contributed by atoms with Crippen molar-refractivity contribution in [1.29, 1.82) is 0 Å². The van der Waals surface area contributed by atoms with Gasteiger partial charge in [0.1, 0.15) is 0 Å². The average Bonchev–Trinajstić information content (AvgIpc) is 3.19. The summed E-state index contributed by atoms with van der Waals surface area (Å²) in [5, 5.41) is 5.82. The van der Waals surface area contributed by atoms with Crippen LogP contribution >= 0.6 is 0 Å². The third-order valence-electron chi connectivity index (χ3n) is 4.17. The van der Waals surface area contributed by atoms with E-state index in [-0.39, 0.29) is 0 Å². The Hall–Kier alpha value is -3.05. The van der Waals surface area contributed by atoms with E-state index in [2.05, 4.69) is 55.6 Å². The molecule has 0 aliphatic carbocycles. The van der Waals surface area contributed by atoms with Crippen LogP contribution in [0, 0.1) is 0 Å². The van der Waals surface area contributed by atoms with Crippen LogP contribution < -0.4 is 5.32 Å². The molecule has 0 atom stereocenters. The Labute approximate surface area is 146 Å². The molecule has 2 aromatic heterocycles. The molecule has 25 heavy (non-hydrogen) atoms. The van der Waals surface area contributed by atoms with Crippen LogP contribution in [0.4, 0.5) is 0 Å². The summed E-state index contributed by atoms with van der Waals surface area (Å²) in [7, 11) is 0. The number of rotatable bonds is 6. The predicted octanol–water partition coefficient (Wildman–Crippen LogP) is 3.35. The Morgan fingerprint density at radius 3 is 2.56 bits per heavy atom. The topological polar surface area (TPSA) is 66.5 Å². The minimum atomic E-state index is 0.756. The molecule has 0 bridgehead atoms. The molecule has 0 radical (unpaired) electrons. The molecule has 0 spiro atoms. The molecule has 0 fully saturated rings. The molecule has 0 saturated heterocycles. The van der Waals surface area contributed by atoms with E-state index >= 15 is 0 Å². The first-order valence-electron chi connectivity index (χ1n) is 8.36. The lowest BCUT2D eigenvalue weighted by Crippen LogP contribution is -2.17. The summed E-state index contributed by atoms with van der Waals surface area (Å²) in [4.78, 5) is 16.1. The van der Waals surface area contributed by atoms with Crippen LogP contribution in [0.5, 0.6) is 0 Å². The quantitative estimate of drug-likeness (QED) is 0.532. The Bertz CT molecular complexity index is 945. The molecule has 0 aliphatic rings. The van der Waals surface area contributed by atoms with Crippen LogP contribution in [0.15, 0.2) is 67.4 Å². The van der Waals surface area contributed by atoms with Gasteiger partial charge < -0.3 is 10.3 Å². The predicted molar refractivity (Wildman–Crippen MR) is 99.0 cm³/mol. The van der Waals surface area contributed by atoms with Gasteiger partial charge in [-0.15, -0.1) is 0 Å². The van der Waals surface area contributed by atoms with Crippen molar-refractivity contribution in [3.05, 3.63) is 78.6 Å². The summed E-state index contributed by atoms with van der Waals surface area (Å²) < 4.78 is 0. The summed E-state index contributed by atoms with van der Waals surface area (Å²) in [5.74, 6) is 0.756. The largest absolute Gasteiger partial charge is 0.348 e.